The Morgan fingerprint density at radius 2 is 2.03 bits per heavy atom. The standard InChI is InChI=1S/C20H18F2N6O/c1-12-4-3-5-14(8-12)11-27-7-6-17(26-27)25-20(29)15-10-23-28-16(18(21)22)9-13(2)24-19(15)28/h3-10,18H,11H2,1-2H3,(H,25,26,29). The summed E-state index contributed by atoms with van der Waals surface area (Å²) in [5.41, 5.74) is 2.50. The number of hydrogen-bond acceptors (Lipinski definition) is 4. The van der Waals surface area contributed by atoms with Gasteiger partial charge in [0, 0.05) is 18.0 Å². The molecule has 0 atom stereocenters. The molecule has 4 rings (SSSR count). The smallest absolute Gasteiger partial charge is 0.280 e. The lowest BCUT2D eigenvalue weighted by Gasteiger charge is -2.06. The molecule has 9 heteroatoms. The van der Waals surface area contributed by atoms with Crippen LogP contribution in [0.4, 0.5) is 14.6 Å². The molecule has 1 amide bonds. The summed E-state index contributed by atoms with van der Waals surface area (Å²) in [6, 6.07) is 11.0. The Hall–Kier alpha value is -3.62. The molecule has 0 fully saturated rings. The first-order chi connectivity index (χ1) is 13.9. The molecular formula is C20H18F2N6O. The Morgan fingerprint density at radius 1 is 1.21 bits per heavy atom. The van der Waals surface area contributed by atoms with Crippen LogP contribution < -0.4 is 5.32 Å². The minimum absolute atomic E-state index is 0.0805. The van der Waals surface area contributed by atoms with Gasteiger partial charge in [0.05, 0.1) is 12.7 Å². The quantitative estimate of drug-likeness (QED) is 0.557. The maximum atomic E-state index is 13.2. The van der Waals surface area contributed by atoms with Crippen LogP contribution in [0.5, 0.6) is 0 Å². The van der Waals surface area contributed by atoms with E-state index in [0.717, 1.165) is 15.6 Å². The number of aryl methyl sites for hydroxylation is 2. The number of carbonyl (C=O) groups excluding carboxylic acids is 1. The number of nitrogens with zero attached hydrogens (tertiary/aromatic N) is 5. The molecular weight excluding hydrogens is 378 g/mol. The van der Waals surface area contributed by atoms with Crippen molar-refractivity contribution in [2.45, 2.75) is 26.8 Å². The molecule has 0 saturated carbocycles. The van der Waals surface area contributed by atoms with Crippen LogP contribution in [0.2, 0.25) is 0 Å². The van der Waals surface area contributed by atoms with E-state index in [9.17, 15) is 13.6 Å². The van der Waals surface area contributed by atoms with Gasteiger partial charge in [-0.2, -0.15) is 10.2 Å². The zero-order valence-corrected chi connectivity index (χ0v) is 15.8. The zero-order valence-electron chi connectivity index (χ0n) is 15.8. The molecule has 148 valence electrons. The predicted octanol–water partition coefficient (Wildman–Crippen LogP) is 3.78. The number of benzene rings is 1. The Bertz CT molecular complexity index is 1200. The molecule has 3 aromatic heterocycles. The van der Waals surface area contributed by atoms with Gasteiger partial charge in [-0.25, -0.2) is 18.3 Å². The second-order valence-electron chi connectivity index (χ2n) is 6.76. The van der Waals surface area contributed by atoms with Gasteiger partial charge in [0.15, 0.2) is 11.5 Å². The molecule has 4 aromatic rings. The molecule has 0 unspecified atom stereocenters. The van der Waals surface area contributed by atoms with E-state index in [1.54, 1.807) is 23.9 Å². The molecule has 29 heavy (non-hydrogen) atoms. The first-order valence-electron chi connectivity index (χ1n) is 8.94. The van der Waals surface area contributed by atoms with Gasteiger partial charge in [0.2, 0.25) is 0 Å². The van der Waals surface area contributed by atoms with E-state index in [-0.39, 0.29) is 16.9 Å². The first-order valence-corrected chi connectivity index (χ1v) is 8.94. The minimum Gasteiger partial charge on any atom is -0.305 e. The second kappa shape index (κ2) is 7.42. The highest BCUT2D eigenvalue weighted by molar-refractivity contribution is 6.07. The van der Waals surface area contributed by atoms with Crippen molar-refractivity contribution in [3.8, 4) is 0 Å². The number of rotatable bonds is 5. The van der Waals surface area contributed by atoms with Crippen molar-refractivity contribution < 1.29 is 13.6 Å². The molecule has 7 nitrogen and oxygen atoms in total. The maximum Gasteiger partial charge on any atom is 0.280 e. The normalized spacial score (nSPS) is 11.3. The molecule has 0 radical (unpaired) electrons. The highest BCUT2D eigenvalue weighted by atomic mass is 19.3. The van der Waals surface area contributed by atoms with E-state index in [2.05, 4.69) is 26.6 Å². The summed E-state index contributed by atoms with van der Waals surface area (Å²) >= 11 is 0. The fourth-order valence-corrected chi connectivity index (χ4v) is 3.13. The average Bonchev–Trinajstić information content (AvgIpc) is 3.27. The average molecular weight is 396 g/mol. The molecule has 0 spiro atoms. The van der Waals surface area contributed by atoms with Crippen molar-refractivity contribution in [3.05, 3.63) is 76.9 Å². The monoisotopic (exact) mass is 396 g/mol. The Morgan fingerprint density at radius 3 is 2.79 bits per heavy atom. The summed E-state index contributed by atoms with van der Waals surface area (Å²) in [7, 11) is 0. The lowest BCUT2D eigenvalue weighted by atomic mass is 10.1. The summed E-state index contributed by atoms with van der Waals surface area (Å²) in [5, 5.41) is 10.9. The van der Waals surface area contributed by atoms with Gasteiger partial charge in [0.25, 0.3) is 12.3 Å². The summed E-state index contributed by atoms with van der Waals surface area (Å²) in [6.45, 7) is 4.17. The van der Waals surface area contributed by atoms with Crippen LogP contribution in [-0.4, -0.2) is 30.3 Å². The largest absolute Gasteiger partial charge is 0.305 e. The minimum atomic E-state index is -2.73. The number of aromatic nitrogens is 5. The van der Waals surface area contributed by atoms with Crippen LogP contribution in [0.25, 0.3) is 5.65 Å². The molecule has 0 bridgehead atoms. The van der Waals surface area contributed by atoms with Gasteiger partial charge in [-0.1, -0.05) is 29.8 Å². The lowest BCUT2D eigenvalue weighted by Crippen LogP contribution is -2.13. The third-order valence-corrected chi connectivity index (χ3v) is 4.40. The van der Waals surface area contributed by atoms with Gasteiger partial charge in [-0.05, 0) is 25.5 Å². The summed E-state index contributed by atoms with van der Waals surface area (Å²) in [5.74, 6) is -0.164. The van der Waals surface area contributed by atoms with E-state index >= 15 is 0 Å². The molecule has 1 N–H and O–H groups in total. The van der Waals surface area contributed by atoms with Crippen LogP contribution in [0.1, 0.15) is 39.3 Å². The van der Waals surface area contributed by atoms with Crippen LogP contribution in [0, 0.1) is 13.8 Å². The zero-order chi connectivity index (χ0) is 20.5. The van der Waals surface area contributed by atoms with E-state index in [4.69, 9.17) is 0 Å². The molecule has 0 aliphatic carbocycles. The second-order valence-corrected chi connectivity index (χ2v) is 6.76. The van der Waals surface area contributed by atoms with Crippen molar-refractivity contribution in [1.82, 2.24) is 24.4 Å². The summed E-state index contributed by atoms with van der Waals surface area (Å²) in [6.07, 6.45) is 0.255. The molecule has 3 heterocycles. The molecule has 0 saturated heterocycles. The van der Waals surface area contributed by atoms with Crippen molar-refractivity contribution in [3.63, 3.8) is 0 Å². The van der Waals surface area contributed by atoms with E-state index in [0.29, 0.717) is 18.1 Å². The van der Waals surface area contributed by atoms with E-state index < -0.39 is 12.3 Å². The lowest BCUT2D eigenvalue weighted by molar-refractivity contribution is 0.102. The third-order valence-electron chi connectivity index (χ3n) is 4.40. The van der Waals surface area contributed by atoms with E-state index in [1.165, 1.54) is 12.3 Å². The van der Waals surface area contributed by atoms with Gasteiger partial charge in [-0.3, -0.25) is 9.48 Å². The van der Waals surface area contributed by atoms with E-state index in [1.807, 2.05) is 25.1 Å². The topological polar surface area (TPSA) is 77.1 Å². The number of amides is 1. The summed E-state index contributed by atoms with van der Waals surface area (Å²) < 4.78 is 29.2. The predicted molar refractivity (Wildman–Crippen MR) is 103 cm³/mol. The highest BCUT2D eigenvalue weighted by Crippen LogP contribution is 2.22. The Labute approximate surface area is 165 Å². The number of alkyl halides is 2. The van der Waals surface area contributed by atoms with Gasteiger partial charge >= 0.3 is 0 Å². The SMILES string of the molecule is Cc1cccc(Cn2ccc(NC(=O)c3cnn4c(C(F)F)cc(C)nc34)n2)c1. The molecule has 0 aliphatic rings. The molecule has 0 aliphatic heterocycles. The first kappa shape index (κ1) is 18.7. The van der Waals surface area contributed by atoms with Crippen molar-refractivity contribution in [2.24, 2.45) is 0 Å². The number of halogens is 2. The maximum absolute atomic E-state index is 13.2. The van der Waals surface area contributed by atoms with Crippen LogP contribution in [0.15, 0.2) is 48.8 Å². The number of fused-ring (bicyclic) bond motifs is 1. The highest BCUT2D eigenvalue weighted by Gasteiger charge is 2.20. The van der Waals surface area contributed by atoms with Crippen LogP contribution in [0.3, 0.4) is 0 Å². The Balaban J connectivity index is 1.55. The number of nitrogens with one attached hydrogen (secondary N) is 1. The van der Waals surface area contributed by atoms with Gasteiger partial charge < -0.3 is 5.32 Å². The fourth-order valence-electron chi connectivity index (χ4n) is 3.13. The summed E-state index contributed by atoms with van der Waals surface area (Å²) in [4.78, 5) is 16.8. The van der Waals surface area contributed by atoms with Crippen LogP contribution in [-0.2, 0) is 6.54 Å². The number of anilines is 1. The number of hydrogen-bond donors (Lipinski definition) is 1. The Kier molecular flexibility index (Phi) is 4.79. The molecule has 1 aromatic carbocycles. The number of carbonyl (C=O) groups is 1. The van der Waals surface area contributed by atoms with Crippen LogP contribution >= 0.6 is 0 Å². The van der Waals surface area contributed by atoms with Crippen molar-refractivity contribution >= 4 is 17.4 Å². The van der Waals surface area contributed by atoms with Gasteiger partial charge in [0.1, 0.15) is 11.3 Å². The van der Waals surface area contributed by atoms with Crippen molar-refractivity contribution in [1.29, 1.82) is 0 Å². The fraction of sp³-hybridized carbons (Fsp3) is 0.200. The van der Waals surface area contributed by atoms with Crippen molar-refractivity contribution in [2.75, 3.05) is 5.32 Å². The van der Waals surface area contributed by atoms with Gasteiger partial charge in [-0.15, -0.1) is 0 Å². The third kappa shape index (κ3) is 3.84.